The topological polar surface area (TPSA) is 33.1 Å². The molecule has 0 aliphatic heterocycles. The van der Waals surface area contributed by atoms with Crippen molar-refractivity contribution in [1.82, 2.24) is 4.98 Å². The first-order valence-corrected chi connectivity index (χ1v) is 7.41. The zero-order valence-electron chi connectivity index (χ0n) is 11.1. The molecule has 4 heteroatoms. The van der Waals surface area contributed by atoms with Crippen molar-refractivity contribution in [2.75, 3.05) is 0 Å². The molecule has 0 aliphatic rings. The first-order chi connectivity index (χ1) is 10.1. The van der Waals surface area contributed by atoms with E-state index in [0.717, 1.165) is 16.5 Å². The van der Waals surface area contributed by atoms with Crippen LogP contribution in [-0.4, -0.2) is 10.1 Å². The van der Waals surface area contributed by atoms with E-state index in [9.17, 15) is 9.50 Å². The van der Waals surface area contributed by atoms with Crippen LogP contribution in [0.3, 0.4) is 0 Å². The number of benzene rings is 2. The summed E-state index contributed by atoms with van der Waals surface area (Å²) >= 11 is 3.21. The minimum atomic E-state index is -0.771. The molecule has 1 aromatic heterocycles. The van der Waals surface area contributed by atoms with Crippen molar-refractivity contribution in [2.24, 2.45) is 0 Å². The number of aliphatic hydroxyl groups is 1. The molecule has 0 spiro atoms. The first-order valence-electron chi connectivity index (χ1n) is 6.62. The van der Waals surface area contributed by atoms with E-state index in [1.165, 1.54) is 6.07 Å². The Morgan fingerprint density at radius 2 is 1.86 bits per heavy atom. The zero-order valence-corrected chi connectivity index (χ0v) is 12.7. The Kier molecular flexibility index (Phi) is 3.99. The summed E-state index contributed by atoms with van der Waals surface area (Å²) in [4.78, 5) is 4.46. The molecule has 2 aromatic carbocycles. The molecule has 0 fully saturated rings. The van der Waals surface area contributed by atoms with Gasteiger partial charge in [-0.15, -0.1) is 0 Å². The number of pyridine rings is 1. The Labute approximate surface area is 130 Å². The van der Waals surface area contributed by atoms with Gasteiger partial charge in [0.1, 0.15) is 11.9 Å². The van der Waals surface area contributed by atoms with Crippen molar-refractivity contribution in [3.63, 3.8) is 0 Å². The fourth-order valence-electron chi connectivity index (χ4n) is 2.29. The van der Waals surface area contributed by atoms with Crippen LogP contribution in [0, 0.1) is 5.82 Å². The molecular weight excluding hydrogens is 333 g/mol. The number of hydrogen-bond acceptors (Lipinski definition) is 2. The van der Waals surface area contributed by atoms with Crippen molar-refractivity contribution in [3.8, 4) is 0 Å². The van der Waals surface area contributed by atoms with Crippen molar-refractivity contribution in [2.45, 2.75) is 12.5 Å². The van der Waals surface area contributed by atoms with Gasteiger partial charge in [0.2, 0.25) is 0 Å². The highest BCUT2D eigenvalue weighted by Crippen LogP contribution is 2.26. The number of aromatic nitrogens is 1. The van der Waals surface area contributed by atoms with Gasteiger partial charge in [-0.2, -0.15) is 0 Å². The molecule has 0 saturated carbocycles. The lowest BCUT2D eigenvalue weighted by molar-refractivity contribution is 0.173. The second-order valence-electron chi connectivity index (χ2n) is 4.86. The molecule has 1 atom stereocenters. The van der Waals surface area contributed by atoms with Crippen molar-refractivity contribution >= 4 is 26.8 Å². The largest absolute Gasteiger partial charge is 0.386 e. The molecule has 2 nitrogen and oxygen atoms in total. The van der Waals surface area contributed by atoms with E-state index in [-0.39, 0.29) is 5.82 Å². The van der Waals surface area contributed by atoms with Crippen LogP contribution in [-0.2, 0) is 6.42 Å². The van der Waals surface area contributed by atoms with Crippen molar-refractivity contribution in [3.05, 3.63) is 76.1 Å². The van der Waals surface area contributed by atoms with Gasteiger partial charge in [0.05, 0.1) is 15.7 Å². The zero-order chi connectivity index (χ0) is 14.8. The molecule has 0 saturated heterocycles. The van der Waals surface area contributed by atoms with Gasteiger partial charge in [-0.3, -0.25) is 4.98 Å². The average Bonchev–Trinajstić information content (AvgIpc) is 2.51. The quantitative estimate of drug-likeness (QED) is 0.762. The van der Waals surface area contributed by atoms with Crippen LogP contribution in [0.2, 0.25) is 0 Å². The van der Waals surface area contributed by atoms with Gasteiger partial charge >= 0.3 is 0 Å². The highest BCUT2D eigenvalue weighted by atomic mass is 79.9. The monoisotopic (exact) mass is 345 g/mol. The molecule has 0 bridgehead atoms. The molecule has 3 rings (SSSR count). The average molecular weight is 346 g/mol. The van der Waals surface area contributed by atoms with Gasteiger partial charge in [-0.25, -0.2) is 4.39 Å². The van der Waals surface area contributed by atoms with E-state index in [4.69, 9.17) is 0 Å². The molecule has 0 aliphatic carbocycles. The second kappa shape index (κ2) is 5.92. The van der Waals surface area contributed by atoms with Crippen molar-refractivity contribution < 1.29 is 9.50 Å². The number of halogens is 2. The summed E-state index contributed by atoms with van der Waals surface area (Å²) in [6, 6.07) is 16.3. The number of rotatable bonds is 3. The SMILES string of the molecule is OC(Cc1cccc(F)c1Br)c1ccc2ccccc2n1. The normalized spacial score (nSPS) is 12.5. The molecule has 21 heavy (non-hydrogen) atoms. The highest BCUT2D eigenvalue weighted by Gasteiger charge is 2.14. The lowest BCUT2D eigenvalue weighted by Crippen LogP contribution is -2.05. The van der Waals surface area contributed by atoms with E-state index in [1.54, 1.807) is 18.2 Å². The second-order valence-corrected chi connectivity index (χ2v) is 5.65. The third-order valence-electron chi connectivity index (χ3n) is 3.41. The fraction of sp³-hybridized carbons (Fsp3) is 0.118. The molecule has 1 heterocycles. The van der Waals surface area contributed by atoms with Crippen LogP contribution >= 0.6 is 15.9 Å². The molecule has 106 valence electrons. The summed E-state index contributed by atoms with van der Waals surface area (Å²) in [5.74, 6) is -0.328. The number of nitrogens with zero attached hydrogens (tertiary/aromatic N) is 1. The lowest BCUT2D eigenvalue weighted by atomic mass is 10.0. The van der Waals surface area contributed by atoms with Crippen molar-refractivity contribution in [1.29, 1.82) is 0 Å². The molecule has 1 N–H and O–H groups in total. The highest BCUT2D eigenvalue weighted by molar-refractivity contribution is 9.10. The molecule has 1 unspecified atom stereocenters. The lowest BCUT2D eigenvalue weighted by Gasteiger charge is -2.12. The van der Waals surface area contributed by atoms with Crippen LogP contribution in [0.25, 0.3) is 10.9 Å². The van der Waals surface area contributed by atoms with E-state index in [0.29, 0.717) is 16.6 Å². The Morgan fingerprint density at radius 3 is 2.71 bits per heavy atom. The summed E-state index contributed by atoms with van der Waals surface area (Å²) < 4.78 is 13.9. The number of fused-ring (bicyclic) bond motifs is 1. The summed E-state index contributed by atoms with van der Waals surface area (Å²) in [6.45, 7) is 0. The third-order valence-corrected chi connectivity index (χ3v) is 4.29. The maximum Gasteiger partial charge on any atom is 0.137 e. The Hall–Kier alpha value is -1.78. The van der Waals surface area contributed by atoms with Gasteiger partial charge in [0.15, 0.2) is 0 Å². The van der Waals surface area contributed by atoms with Gasteiger partial charge in [-0.05, 0) is 39.7 Å². The van der Waals surface area contributed by atoms with Crippen LogP contribution in [0.5, 0.6) is 0 Å². The fourth-order valence-corrected chi connectivity index (χ4v) is 2.71. The van der Waals surface area contributed by atoms with Gasteiger partial charge < -0.3 is 5.11 Å². The molecule has 3 aromatic rings. The molecular formula is C17H13BrFNO. The predicted octanol–water partition coefficient (Wildman–Crippen LogP) is 4.41. The minimum Gasteiger partial charge on any atom is -0.386 e. The van der Waals surface area contributed by atoms with E-state index < -0.39 is 6.10 Å². The maximum atomic E-state index is 13.5. The van der Waals surface area contributed by atoms with Crippen LogP contribution in [0.15, 0.2) is 59.1 Å². The predicted molar refractivity (Wildman–Crippen MR) is 84.5 cm³/mol. The minimum absolute atomic E-state index is 0.309. The molecule has 0 amide bonds. The van der Waals surface area contributed by atoms with Gasteiger partial charge in [0.25, 0.3) is 0 Å². The standard InChI is InChI=1S/C17H13BrFNO/c18-17-12(5-3-6-13(17)19)10-16(21)15-9-8-11-4-1-2-7-14(11)20-15/h1-9,16,21H,10H2. The summed E-state index contributed by atoms with van der Waals surface area (Å²) in [6.07, 6.45) is -0.461. The van der Waals surface area contributed by atoms with Gasteiger partial charge in [0, 0.05) is 11.8 Å². The molecule has 0 radical (unpaired) electrons. The summed E-state index contributed by atoms with van der Waals surface area (Å²) in [5, 5.41) is 11.4. The van der Waals surface area contributed by atoms with Crippen LogP contribution in [0.1, 0.15) is 17.4 Å². The Morgan fingerprint density at radius 1 is 1.05 bits per heavy atom. The van der Waals surface area contributed by atoms with E-state index in [1.807, 2.05) is 30.3 Å². The van der Waals surface area contributed by atoms with Crippen LogP contribution in [0.4, 0.5) is 4.39 Å². The summed E-state index contributed by atoms with van der Waals surface area (Å²) in [5.41, 5.74) is 2.15. The maximum absolute atomic E-state index is 13.5. The van der Waals surface area contributed by atoms with Crippen LogP contribution < -0.4 is 0 Å². The Balaban J connectivity index is 1.89. The first kappa shape index (κ1) is 14.2. The third kappa shape index (κ3) is 2.96. The smallest absolute Gasteiger partial charge is 0.137 e. The number of hydrogen-bond donors (Lipinski definition) is 1. The Bertz CT molecular complexity index is 791. The van der Waals surface area contributed by atoms with E-state index in [2.05, 4.69) is 20.9 Å². The number of aliphatic hydroxyl groups excluding tert-OH is 1. The number of para-hydroxylation sites is 1. The van der Waals surface area contributed by atoms with Gasteiger partial charge in [-0.1, -0.05) is 36.4 Å². The summed E-state index contributed by atoms with van der Waals surface area (Å²) in [7, 11) is 0. The van der Waals surface area contributed by atoms with E-state index >= 15 is 0 Å².